The minimum atomic E-state index is 0.476. The molecular weight excluding hydrogens is 260 g/mol. The first-order valence-electron chi connectivity index (χ1n) is 7.72. The van der Waals surface area contributed by atoms with Crippen molar-refractivity contribution < 1.29 is 4.42 Å². The van der Waals surface area contributed by atoms with Crippen LogP contribution in [0.3, 0.4) is 0 Å². The van der Waals surface area contributed by atoms with Crippen molar-refractivity contribution >= 4 is 11.0 Å². The Labute approximate surface area is 127 Å². The van der Waals surface area contributed by atoms with Gasteiger partial charge in [0.2, 0.25) is 0 Å². The summed E-state index contributed by atoms with van der Waals surface area (Å²) < 4.78 is 6.05. The highest BCUT2D eigenvalue weighted by atomic mass is 16.3. The van der Waals surface area contributed by atoms with Crippen LogP contribution in [0.2, 0.25) is 0 Å². The van der Waals surface area contributed by atoms with Crippen LogP contribution in [0.15, 0.2) is 41.3 Å². The van der Waals surface area contributed by atoms with Crippen LogP contribution in [0.5, 0.6) is 0 Å². The molecule has 114 valence electrons. The van der Waals surface area contributed by atoms with Crippen molar-refractivity contribution in [2.45, 2.75) is 39.9 Å². The second-order valence-electron chi connectivity index (χ2n) is 5.59. The average molecular weight is 286 g/mol. The van der Waals surface area contributed by atoms with Crippen LogP contribution in [0.25, 0.3) is 11.0 Å². The molecule has 0 radical (unpaired) electrons. The van der Waals surface area contributed by atoms with Gasteiger partial charge < -0.3 is 9.73 Å². The predicted octanol–water partition coefficient (Wildman–Crippen LogP) is 3.94. The van der Waals surface area contributed by atoms with E-state index in [9.17, 15) is 0 Å². The highest BCUT2D eigenvalue weighted by Crippen LogP contribution is 2.27. The van der Waals surface area contributed by atoms with Crippen molar-refractivity contribution in [1.82, 2.24) is 10.2 Å². The van der Waals surface area contributed by atoms with E-state index in [4.69, 9.17) is 4.42 Å². The number of benzene rings is 1. The standard InChI is InChI=1S/C18H26N2O/c1-5-11-20(14(3)4)13-16-15-9-7-8-10-17(15)21-18(16)12-19-6-2/h5,7-10,14,19H,1,6,11-13H2,2-4H3. The number of rotatable bonds is 8. The lowest BCUT2D eigenvalue weighted by molar-refractivity contribution is 0.236. The number of furan rings is 1. The van der Waals surface area contributed by atoms with Crippen molar-refractivity contribution in [3.8, 4) is 0 Å². The Hall–Kier alpha value is -1.58. The van der Waals surface area contributed by atoms with E-state index >= 15 is 0 Å². The van der Waals surface area contributed by atoms with Crippen LogP contribution in [-0.2, 0) is 13.1 Å². The number of nitrogens with zero attached hydrogens (tertiary/aromatic N) is 1. The van der Waals surface area contributed by atoms with Crippen molar-refractivity contribution in [1.29, 1.82) is 0 Å². The zero-order valence-corrected chi connectivity index (χ0v) is 13.4. The molecule has 0 amide bonds. The Bertz CT molecular complexity index is 586. The molecule has 0 aliphatic heterocycles. The summed E-state index contributed by atoms with van der Waals surface area (Å²) >= 11 is 0. The molecular formula is C18H26N2O. The number of nitrogens with one attached hydrogen (secondary N) is 1. The molecule has 0 aliphatic carbocycles. The summed E-state index contributed by atoms with van der Waals surface area (Å²) in [6.07, 6.45) is 1.96. The molecule has 0 unspecified atom stereocenters. The Morgan fingerprint density at radius 1 is 1.33 bits per heavy atom. The summed E-state index contributed by atoms with van der Waals surface area (Å²) in [4.78, 5) is 2.40. The number of hydrogen-bond donors (Lipinski definition) is 1. The van der Waals surface area contributed by atoms with Gasteiger partial charge in [-0.2, -0.15) is 0 Å². The Balaban J connectivity index is 2.36. The average Bonchev–Trinajstić information content (AvgIpc) is 2.82. The maximum atomic E-state index is 6.05. The topological polar surface area (TPSA) is 28.4 Å². The van der Waals surface area contributed by atoms with Gasteiger partial charge in [0, 0.05) is 30.1 Å². The third-order valence-electron chi connectivity index (χ3n) is 3.77. The van der Waals surface area contributed by atoms with Gasteiger partial charge in [0.05, 0.1) is 6.54 Å². The van der Waals surface area contributed by atoms with Gasteiger partial charge in [-0.3, -0.25) is 4.90 Å². The fraction of sp³-hybridized carbons (Fsp3) is 0.444. The molecule has 2 aromatic rings. The predicted molar refractivity (Wildman–Crippen MR) is 89.3 cm³/mol. The smallest absolute Gasteiger partial charge is 0.134 e. The molecule has 3 heteroatoms. The van der Waals surface area contributed by atoms with Crippen LogP contribution in [0.4, 0.5) is 0 Å². The van der Waals surface area contributed by atoms with Crippen molar-refractivity contribution in [2.24, 2.45) is 0 Å². The number of fused-ring (bicyclic) bond motifs is 1. The van der Waals surface area contributed by atoms with Gasteiger partial charge in [0.1, 0.15) is 11.3 Å². The molecule has 0 saturated heterocycles. The van der Waals surface area contributed by atoms with Gasteiger partial charge in [0.25, 0.3) is 0 Å². The van der Waals surface area contributed by atoms with Gasteiger partial charge in [-0.05, 0) is 26.5 Å². The van der Waals surface area contributed by atoms with E-state index in [2.05, 4.69) is 49.7 Å². The SMILES string of the molecule is C=CCN(Cc1c(CNCC)oc2ccccc12)C(C)C. The van der Waals surface area contributed by atoms with E-state index in [-0.39, 0.29) is 0 Å². The molecule has 1 aromatic carbocycles. The maximum absolute atomic E-state index is 6.05. The lowest BCUT2D eigenvalue weighted by atomic mass is 10.1. The largest absolute Gasteiger partial charge is 0.459 e. The minimum Gasteiger partial charge on any atom is -0.459 e. The summed E-state index contributed by atoms with van der Waals surface area (Å²) in [5.41, 5.74) is 2.27. The molecule has 0 spiro atoms. The number of hydrogen-bond acceptors (Lipinski definition) is 3. The minimum absolute atomic E-state index is 0.476. The van der Waals surface area contributed by atoms with E-state index in [0.29, 0.717) is 6.04 Å². The molecule has 0 atom stereocenters. The van der Waals surface area contributed by atoms with E-state index in [1.54, 1.807) is 0 Å². The van der Waals surface area contributed by atoms with Gasteiger partial charge >= 0.3 is 0 Å². The zero-order valence-electron chi connectivity index (χ0n) is 13.4. The fourth-order valence-electron chi connectivity index (χ4n) is 2.53. The van der Waals surface area contributed by atoms with Crippen LogP contribution in [0.1, 0.15) is 32.1 Å². The summed E-state index contributed by atoms with van der Waals surface area (Å²) in [7, 11) is 0. The van der Waals surface area contributed by atoms with E-state index < -0.39 is 0 Å². The first-order chi connectivity index (χ1) is 10.2. The summed E-state index contributed by atoms with van der Waals surface area (Å²) in [6, 6.07) is 8.77. The second-order valence-corrected chi connectivity index (χ2v) is 5.59. The molecule has 0 bridgehead atoms. The van der Waals surface area contributed by atoms with E-state index in [1.807, 2.05) is 18.2 Å². The highest BCUT2D eigenvalue weighted by Gasteiger charge is 2.17. The Morgan fingerprint density at radius 2 is 2.10 bits per heavy atom. The van der Waals surface area contributed by atoms with Crippen LogP contribution >= 0.6 is 0 Å². The Kier molecular flexibility index (Phi) is 5.59. The first-order valence-corrected chi connectivity index (χ1v) is 7.72. The highest BCUT2D eigenvalue weighted by molar-refractivity contribution is 5.82. The van der Waals surface area contributed by atoms with E-state index in [1.165, 1.54) is 10.9 Å². The van der Waals surface area contributed by atoms with Gasteiger partial charge in [0.15, 0.2) is 0 Å². The molecule has 21 heavy (non-hydrogen) atoms. The normalized spacial score (nSPS) is 11.7. The lowest BCUT2D eigenvalue weighted by Gasteiger charge is -2.25. The lowest BCUT2D eigenvalue weighted by Crippen LogP contribution is -2.30. The molecule has 0 saturated carbocycles. The molecule has 1 aromatic heterocycles. The summed E-state index contributed by atoms with van der Waals surface area (Å²) in [6.45, 7) is 13.9. The molecule has 2 rings (SSSR count). The van der Waals surface area contributed by atoms with Crippen LogP contribution in [0, 0.1) is 0 Å². The third kappa shape index (κ3) is 3.74. The molecule has 1 heterocycles. The van der Waals surface area contributed by atoms with Gasteiger partial charge in [-0.25, -0.2) is 0 Å². The zero-order chi connectivity index (χ0) is 15.2. The third-order valence-corrected chi connectivity index (χ3v) is 3.77. The molecule has 0 fully saturated rings. The number of para-hydroxylation sites is 1. The van der Waals surface area contributed by atoms with E-state index in [0.717, 1.165) is 37.5 Å². The molecule has 0 aliphatic rings. The molecule has 1 N–H and O–H groups in total. The van der Waals surface area contributed by atoms with Crippen LogP contribution in [-0.4, -0.2) is 24.0 Å². The monoisotopic (exact) mass is 286 g/mol. The van der Waals surface area contributed by atoms with Crippen molar-refractivity contribution in [3.05, 3.63) is 48.2 Å². The quantitative estimate of drug-likeness (QED) is 0.745. The van der Waals surface area contributed by atoms with Crippen LogP contribution < -0.4 is 5.32 Å². The van der Waals surface area contributed by atoms with Gasteiger partial charge in [-0.1, -0.05) is 31.2 Å². The molecule has 3 nitrogen and oxygen atoms in total. The second kappa shape index (κ2) is 7.43. The summed E-state index contributed by atoms with van der Waals surface area (Å²) in [5.74, 6) is 1.05. The maximum Gasteiger partial charge on any atom is 0.134 e. The van der Waals surface area contributed by atoms with Crippen molar-refractivity contribution in [3.63, 3.8) is 0 Å². The Morgan fingerprint density at radius 3 is 2.76 bits per heavy atom. The fourth-order valence-corrected chi connectivity index (χ4v) is 2.53. The van der Waals surface area contributed by atoms with Gasteiger partial charge in [-0.15, -0.1) is 6.58 Å². The van der Waals surface area contributed by atoms with Crippen molar-refractivity contribution in [2.75, 3.05) is 13.1 Å². The summed E-state index contributed by atoms with van der Waals surface area (Å²) in [5, 5.41) is 4.59. The first kappa shape index (κ1) is 15.8.